The number of rotatable bonds is 6. The van der Waals surface area contributed by atoms with Crippen molar-refractivity contribution in [3.63, 3.8) is 0 Å². The Labute approximate surface area is 196 Å². The van der Waals surface area contributed by atoms with Gasteiger partial charge in [-0.3, -0.25) is 19.7 Å². The van der Waals surface area contributed by atoms with Crippen LogP contribution in [0.3, 0.4) is 0 Å². The monoisotopic (exact) mass is 466 g/mol. The quantitative estimate of drug-likeness (QED) is 0.406. The Kier molecular flexibility index (Phi) is 6.40. The van der Waals surface area contributed by atoms with Crippen LogP contribution in [0.5, 0.6) is 11.5 Å². The highest BCUT2D eigenvalue weighted by atomic mass is 16.6. The summed E-state index contributed by atoms with van der Waals surface area (Å²) >= 11 is 0. The van der Waals surface area contributed by atoms with Gasteiger partial charge in [0.2, 0.25) is 0 Å². The second kappa shape index (κ2) is 9.42. The molecule has 3 aromatic rings. The summed E-state index contributed by atoms with van der Waals surface area (Å²) in [5.41, 5.74) is 1.15. The van der Waals surface area contributed by atoms with Gasteiger partial charge in [0.15, 0.2) is 11.5 Å². The van der Waals surface area contributed by atoms with Crippen LogP contribution in [0.2, 0.25) is 0 Å². The van der Waals surface area contributed by atoms with Crippen molar-refractivity contribution in [1.82, 2.24) is 9.47 Å². The molecule has 0 radical (unpaired) electrons. The number of carbonyl (C=O) groups is 1. The maximum atomic E-state index is 13.6. The van der Waals surface area contributed by atoms with Gasteiger partial charge in [-0.1, -0.05) is 0 Å². The van der Waals surface area contributed by atoms with Crippen LogP contribution in [-0.4, -0.2) is 60.7 Å². The van der Waals surface area contributed by atoms with Gasteiger partial charge in [0.25, 0.3) is 17.2 Å². The lowest BCUT2D eigenvalue weighted by molar-refractivity contribution is -0.384. The predicted molar refractivity (Wildman–Crippen MR) is 128 cm³/mol. The number of nitrogens with zero attached hydrogens (tertiary/aromatic N) is 4. The van der Waals surface area contributed by atoms with Crippen LogP contribution >= 0.6 is 0 Å². The number of hydrogen-bond acceptors (Lipinski definition) is 7. The molecule has 2 aromatic carbocycles. The van der Waals surface area contributed by atoms with Crippen LogP contribution < -0.4 is 19.9 Å². The lowest BCUT2D eigenvalue weighted by Crippen LogP contribution is -2.49. The van der Waals surface area contributed by atoms with E-state index >= 15 is 0 Å². The van der Waals surface area contributed by atoms with E-state index in [1.54, 1.807) is 35.4 Å². The van der Waals surface area contributed by atoms with Crippen molar-refractivity contribution in [3.8, 4) is 11.5 Å². The number of pyridine rings is 1. The Bertz CT molecular complexity index is 1290. The van der Waals surface area contributed by atoms with Gasteiger partial charge in [0.05, 0.1) is 30.1 Å². The van der Waals surface area contributed by atoms with Crippen LogP contribution in [0.25, 0.3) is 10.8 Å². The number of aromatic nitrogens is 1. The number of aryl methyl sites for hydroxylation is 1. The van der Waals surface area contributed by atoms with Crippen LogP contribution in [0.4, 0.5) is 11.4 Å². The van der Waals surface area contributed by atoms with E-state index in [4.69, 9.17) is 9.47 Å². The van der Waals surface area contributed by atoms with Crippen molar-refractivity contribution in [2.75, 3.05) is 45.3 Å². The van der Waals surface area contributed by atoms with Crippen molar-refractivity contribution in [1.29, 1.82) is 0 Å². The lowest BCUT2D eigenvalue weighted by atomic mass is 10.0. The molecular formula is C24H26N4O6. The van der Waals surface area contributed by atoms with Crippen LogP contribution in [-0.2, 0) is 6.54 Å². The summed E-state index contributed by atoms with van der Waals surface area (Å²) in [6.45, 7) is 4.42. The molecule has 10 nitrogen and oxygen atoms in total. The molecule has 0 aliphatic carbocycles. The number of fused-ring (bicyclic) bond motifs is 1. The van der Waals surface area contributed by atoms with Gasteiger partial charge in [0, 0.05) is 62.1 Å². The summed E-state index contributed by atoms with van der Waals surface area (Å²) in [6.07, 6.45) is 1.61. The molecule has 1 amide bonds. The Morgan fingerprint density at radius 3 is 2.12 bits per heavy atom. The number of carbonyl (C=O) groups excluding carboxylic acids is 1. The van der Waals surface area contributed by atoms with Crippen molar-refractivity contribution in [2.24, 2.45) is 0 Å². The minimum absolute atomic E-state index is 0.0440. The number of hydrogen-bond donors (Lipinski definition) is 0. The number of anilines is 1. The Morgan fingerprint density at radius 1 is 1.00 bits per heavy atom. The summed E-state index contributed by atoms with van der Waals surface area (Å²) in [4.78, 5) is 40.8. The topological polar surface area (TPSA) is 107 Å². The van der Waals surface area contributed by atoms with E-state index in [1.165, 1.54) is 30.9 Å². The standard InChI is InChI=1S/C24H26N4O6/c1-4-25-15-20(18-13-21(33-2)22(34-3)14-19(18)23(25)29)24(30)27-11-9-26(10-12-27)16-5-7-17(8-6-16)28(31)32/h5-8,13-15H,4,9-12H2,1-3H3. The fraction of sp³-hybridized carbons (Fsp3) is 0.333. The third-order valence-corrected chi connectivity index (χ3v) is 6.15. The number of nitro benzene ring substituents is 1. The van der Waals surface area contributed by atoms with E-state index in [2.05, 4.69) is 4.90 Å². The molecule has 178 valence electrons. The van der Waals surface area contributed by atoms with Crippen LogP contribution in [0, 0.1) is 10.1 Å². The highest BCUT2D eigenvalue weighted by molar-refractivity contribution is 6.07. The second-order valence-corrected chi connectivity index (χ2v) is 7.94. The Morgan fingerprint density at radius 2 is 1.59 bits per heavy atom. The van der Waals surface area contributed by atoms with Crippen molar-refractivity contribution in [3.05, 3.63) is 68.6 Å². The average molecular weight is 466 g/mol. The van der Waals surface area contributed by atoms with Crippen molar-refractivity contribution in [2.45, 2.75) is 13.5 Å². The maximum Gasteiger partial charge on any atom is 0.269 e. The van der Waals surface area contributed by atoms with E-state index in [0.29, 0.717) is 60.6 Å². The predicted octanol–water partition coefficient (Wildman–Crippen LogP) is 2.91. The van der Waals surface area contributed by atoms with E-state index < -0.39 is 4.92 Å². The van der Waals surface area contributed by atoms with Gasteiger partial charge in [-0.15, -0.1) is 0 Å². The van der Waals surface area contributed by atoms with Gasteiger partial charge < -0.3 is 23.8 Å². The average Bonchev–Trinajstić information content (AvgIpc) is 2.88. The molecule has 0 atom stereocenters. The van der Waals surface area contributed by atoms with E-state index in [-0.39, 0.29) is 17.2 Å². The zero-order chi connectivity index (χ0) is 24.4. The molecule has 1 fully saturated rings. The summed E-state index contributed by atoms with van der Waals surface area (Å²) in [5.74, 6) is 0.708. The van der Waals surface area contributed by atoms with Crippen molar-refractivity contribution >= 4 is 28.1 Å². The fourth-order valence-electron chi connectivity index (χ4n) is 4.25. The molecule has 1 aliphatic heterocycles. The molecule has 10 heteroatoms. The first kappa shape index (κ1) is 23.1. The maximum absolute atomic E-state index is 13.6. The minimum atomic E-state index is -0.426. The number of ether oxygens (including phenoxy) is 2. The first-order valence-corrected chi connectivity index (χ1v) is 11.0. The fourth-order valence-corrected chi connectivity index (χ4v) is 4.25. The number of benzene rings is 2. The molecule has 0 unspecified atom stereocenters. The summed E-state index contributed by atoms with van der Waals surface area (Å²) in [7, 11) is 3.01. The molecule has 2 heterocycles. The van der Waals surface area contributed by atoms with E-state index in [0.717, 1.165) is 5.69 Å². The second-order valence-electron chi connectivity index (χ2n) is 7.94. The molecule has 1 aromatic heterocycles. The molecule has 4 rings (SSSR count). The van der Waals surface area contributed by atoms with Gasteiger partial charge in [0.1, 0.15) is 0 Å². The summed E-state index contributed by atoms with van der Waals surface area (Å²) < 4.78 is 12.3. The SMILES string of the molecule is CCn1cc(C(=O)N2CCN(c3ccc([N+](=O)[O-])cc3)CC2)c2cc(OC)c(OC)cc2c1=O. The largest absolute Gasteiger partial charge is 0.493 e. The first-order chi connectivity index (χ1) is 16.4. The Balaban J connectivity index is 1.62. The van der Waals surface area contributed by atoms with Crippen molar-refractivity contribution < 1.29 is 19.2 Å². The smallest absolute Gasteiger partial charge is 0.269 e. The molecule has 0 spiro atoms. The number of piperazine rings is 1. The minimum Gasteiger partial charge on any atom is -0.493 e. The number of amides is 1. The molecule has 34 heavy (non-hydrogen) atoms. The third-order valence-electron chi connectivity index (χ3n) is 6.15. The highest BCUT2D eigenvalue weighted by Gasteiger charge is 2.26. The lowest BCUT2D eigenvalue weighted by Gasteiger charge is -2.36. The Hall–Kier alpha value is -4.08. The molecule has 0 N–H and O–H groups in total. The molecular weight excluding hydrogens is 440 g/mol. The van der Waals surface area contributed by atoms with Crippen LogP contribution in [0.1, 0.15) is 17.3 Å². The van der Waals surface area contributed by atoms with Gasteiger partial charge in [-0.2, -0.15) is 0 Å². The summed E-state index contributed by atoms with van der Waals surface area (Å²) in [6, 6.07) is 9.70. The van der Waals surface area contributed by atoms with E-state index in [9.17, 15) is 19.7 Å². The number of methoxy groups -OCH3 is 2. The van der Waals surface area contributed by atoms with Crippen LogP contribution in [0.15, 0.2) is 47.4 Å². The zero-order valence-corrected chi connectivity index (χ0v) is 19.3. The molecule has 1 saturated heterocycles. The highest BCUT2D eigenvalue weighted by Crippen LogP contribution is 2.33. The van der Waals surface area contributed by atoms with Gasteiger partial charge in [-0.05, 0) is 31.2 Å². The first-order valence-electron chi connectivity index (χ1n) is 11.0. The molecule has 0 bridgehead atoms. The van der Waals surface area contributed by atoms with Gasteiger partial charge in [-0.25, -0.2) is 0 Å². The molecule has 1 aliphatic rings. The van der Waals surface area contributed by atoms with Gasteiger partial charge >= 0.3 is 0 Å². The van der Waals surface area contributed by atoms with E-state index in [1.807, 2.05) is 6.92 Å². The summed E-state index contributed by atoms with van der Waals surface area (Å²) in [5, 5.41) is 11.8. The normalized spacial score (nSPS) is 13.7. The molecule has 0 saturated carbocycles. The third kappa shape index (κ3) is 4.14. The number of nitro groups is 1. The zero-order valence-electron chi connectivity index (χ0n) is 19.3. The number of non-ortho nitro benzene ring substituents is 1.